The minimum Gasteiger partial charge on any atom is -0.349 e. The maximum Gasteiger partial charge on any atom is 0.251 e. The third kappa shape index (κ3) is 3.70. The van der Waals surface area contributed by atoms with Crippen molar-refractivity contribution in [2.45, 2.75) is 57.4 Å². The molecule has 0 aromatic heterocycles. The lowest BCUT2D eigenvalue weighted by molar-refractivity contribution is 0.0914. The Morgan fingerprint density at radius 3 is 2.50 bits per heavy atom. The van der Waals surface area contributed by atoms with Crippen molar-refractivity contribution >= 4 is 5.91 Å². The largest absolute Gasteiger partial charge is 0.349 e. The van der Waals surface area contributed by atoms with Crippen molar-refractivity contribution < 1.29 is 4.79 Å². The summed E-state index contributed by atoms with van der Waals surface area (Å²) >= 11 is 0. The topological polar surface area (TPSA) is 41.1 Å². The molecule has 2 N–H and O–H groups in total. The Morgan fingerprint density at radius 2 is 1.82 bits per heavy atom. The molecule has 2 fully saturated rings. The molecule has 1 saturated carbocycles. The first-order valence-corrected chi connectivity index (χ1v) is 8.85. The lowest BCUT2D eigenvalue weighted by atomic mass is 9.84. The third-order valence-corrected chi connectivity index (χ3v) is 5.35. The molecule has 1 aliphatic carbocycles. The van der Waals surface area contributed by atoms with Gasteiger partial charge in [-0.1, -0.05) is 38.3 Å². The van der Waals surface area contributed by atoms with E-state index in [1.165, 1.54) is 37.7 Å². The van der Waals surface area contributed by atoms with Crippen LogP contribution in [0, 0.1) is 5.92 Å². The molecule has 1 heterocycles. The highest BCUT2D eigenvalue weighted by Crippen LogP contribution is 2.32. The van der Waals surface area contributed by atoms with Crippen LogP contribution in [0.4, 0.5) is 0 Å². The highest BCUT2D eigenvalue weighted by atomic mass is 16.1. The van der Waals surface area contributed by atoms with Crippen LogP contribution in [0.25, 0.3) is 0 Å². The molecule has 0 spiro atoms. The summed E-state index contributed by atoms with van der Waals surface area (Å²) in [6, 6.07) is 8.63. The highest BCUT2D eigenvalue weighted by molar-refractivity contribution is 5.94. The zero-order chi connectivity index (χ0) is 15.4. The Kier molecular flexibility index (Phi) is 5.14. The summed E-state index contributed by atoms with van der Waals surface area (Å²) in [6.45, 7) is 4.19. The number of carbonyl (C=O) groups is 1. The van der Waals surface area contributed by atoms with Crippen LogP contribution >= 0.6 is 0 Å². The second kappa shape index (κ2) is 7.28. The molecule has 120 valence electrons. The van der Waals surface area contributed by atoms with E-state index in [-0.39, 0.29) is 5.91 Å². The average Bonchev–Trinajstić information content (AvgIpc) is 2.58. The van der Waals surface area contributed by atoms with Gasteiger partial charge in [0.1, 0.15) is 0 Å². The summed E-state index contributed by atoms with van der Waals surface area (Å²) in [5.74, 6) is 1.28. The van der Waals surface area contributed by atoms with Crippen LogP contribution in [0.2, 0.25) is 0 Å². The first-order valence-electron chi connectivity index (χ1n) is 8.85. The summed E-state index contributed by atoms with van der Waals surface area (Å²) in [7, 11) is 0. The van der Waals surface area contributed by atoms with E-state index in [0.29, 0.717) is 17.9 Å². The van der Waals surface area contributed by atoms with Crippen LogP contribution in [-0.2, 0) is 0 Å². The number of hydrogen-bond acceptors (Lipinski definition) is 2. The molecule has 3 nitrogen and oxygen atoms in total. The van der Waals surface area contributed by atoms with E-state index in [0.717, 1.165) is 25.1 Å². The van der Waals surface area contributed by atoms with Crippen molar-refractivity contribution in [1.82, 2.24) is 10.6 Å². The number of rotatable bonds is 3. The van der Waals surface area contributed by atoms with Crippen LogP contribution in [-0.4, -0.2) is 25.0 Å². The summed E-state index contributed by atoms with van der Waals surface area (Å²) in [5.41, 5.74) is 2.21. The average molecular weight is 300 g/mol. The Morgan fingerprint density at radius 1 is 1.09 bits per heavy atom. The second-order valence-electron chi connectivity index (χ2n) is 7.01. The van der Waals surface area contributed by atoms with Crippen molar-refractivity contribution in [3.63, 3.8) is 0 Å². The van der Waals surface area contributed by atoms with Crippen molar-refractivity contribution in [2.24, 2.45) is 5.92 Å². The molecule has 1 aliphatic heterocycles. The molecule has 1 aromatic carbocycles. The fourth-order valence-corrected chi connectivity index (χ4v) is 3.82. The Labute approximate surface area is 133 Å². The molecule has 1 saturated heterocycles. The molecule has 2 aliphatic rings. The van der Waals surface area contributed by atoms with Gasteiger partial charge in [-0.3, -0.25) is 4.79 Å². The molecule has 3 heteroatoms. The summed E-state index contributed by atoms with van der Waals surface area (Å²) in [4.78, 5) is 12.4. The standard InChI is InChI=1S/C19H28N2O/c1-14-13-20-12-11-18(14)21-19(22)17-9-7-16(8-10-17)15-5-3-2-4-6-15/h7-10,14-15,18,20H,2-6,11-13H2,1H3,(H,21,22). The highest BCUT2D eigenvalue weighted by Gasteiger charge is 2.23. The zero-order valence-corrected chi connectivity index (χ0v) is 13.6. The Bertz CT molecular complexity index is 491. The first-order chi connectivity index (χ1) is 10.7. The smallest absolute Gasteiger partial charge is 0.251 e. The van der Waals surface area contributed by atoms with E-state index in [1.807, 2.05) is 12.1 Å². The minimum absolute atomic E-state index is 0.0777. The Hall–Kier alpha value is -1.35. The van der Waals surface area contributed by atoms with Gasteiger partial charge in [-0.05, 0) is 61.9 Å². The van der Waals surface area contributed by atoms with Gasteiger partial charge in [0.15, 0.2) is 0 Å². The van der Waals surface area contributed by atoms with Gasteiger partial charge in [0, 0.05) is 11.6 Å². The van der Waals surface area contributed by atoms with Gasteiger partial charge < -0.3 is 10.6 Å². The van der Waals surface area contributed by atoms with Gasteiger partial charge in [-0.15, -0.1) is 0 Å². The van der Waals surface area contributed by atoms with Gasteiger partial charge in [0.05, 0.1) is 0 Å². The van der Waals surface area contributed by atoms with E-state index in [2.05, 4.69) is 29.7 Å². The third-order valence-electron chi connectivity index (χ3n) is 5.35. The lowest BCUT2D eigenvalue weighted by Crippen LogP contribution is -2.48. The van der Waals surface area contributed by atoms with Crippen molar-refractivity contribution in [3.05, 3.63) is 35.4 Å². The second-order valence-corrected chi connectivity index (χ2v) is 7.01. The number of benzene rings is 1. The predicted molar refractivity (Wildman–Crippen MR) is 90.2 cm³/mol. The van der Waals surface area contributed by atoms with Crippen LogP contribution in [0.3, 0.4) is 0 Å². The van der Waals surface area contributed by atoms with Crippen LogP contribution < -0.4 is 10.6 Å². The van der Waals surface area contributed by atoms with Gasteiger partial charge >= 0.3 is 0 Å². The zero-order valence-electron chi connectivity index (χ0n) is 13.6. The molecule has 0 radical (unpaired) electrons. The van der Waals surface area contributed by atoms with Crippen molar-refractivity contribution in [1.29, 1.82) is 0 Å². The number of carbonyl (C=O) groups excluding carboxylic acids is 1. The monoisotopic (exact) mass is 300 g/mol. The van der Waals surface area contributed by atoms with E-state index >= 15 is 0 Å². The first kappa shape index (κ1) is 15.5. The maximum atomic E-state index is 12.4. The molecule has 22 heavy (non-hydrogen) atoms. The maximum absolute atomic E-state index is 12.4. The number of hydrogen-bond donors (Lipinski definition) is 2. The summed E-state index contributed by atoms with van der Waals surface area (Å²) in [6.07, 6.45) is 7.70. The van der Waals surface area contributed by atoms with Crippen LogP contribution in [0.5, 0.6) is 0 Å². The minimum atomic E-state index is 0.0777. The van der Waals surface area contributed by atoms with E-state index in [1.54, 1.807) is 0 Å². The number of piperidine rings is 1. The van der Waals surface area contributed by atoms with E-state index in [9.17, 15) is 4.79 Å². The normalized spacial score (nSPS) is 26.6. The number of amides is 1. The quantitative estimate of drug-likeness (QED) is 0.897. The fourth-order valence-electron chi connectivity index (χ4n) is 3.82. The molecule has 1 aromatic rings. The predicted octanol–water partition coefficient (Wildman–Crippen LogP) is 3.46. The number of nitrogens with one attached hydrogen (secondary N) is 2. The van der Waals surface area contributed by atoms with E-state index in [4.69, 9.17) is 0 Å². The van der Waals surface area contributed by atoms with Crippen LogP contribution in [0.1, 0.15) is 67.3 Å². The summed E-state index contributed by atoms with van der Waals surface area (Å²) in [5, 5.41) is 6.57. The molecule has 3 rings (SSSR count). The van der Waals surface area contributed by atoms with Gasteiger partial charge in [0.25, 0.3) is 5.91 Å². The Balaban J connectivity index is 1.60. The van der Waals surface area contributed by atoms with Gasteiger partial charge in [0.2, 0.25) is 0 Å². The fraction of sp³-hybridized carbons (Fsp3) is 0.632. The van der Waals surface area contributed by atoms with Crippen molar-refractivity contribution in [2.75, 3.05) is 13.1 Å². The van der Waals surface area contributed by atoms with Crippen LogP contribution in [0.15, 0.2) is 24.3 Å². The molecular weight excluding hydrogens is 272 g/mol. The van der Waals surface area contributed by atoms with Gasteiger partial charge in [-0.2, -0.15) is 0 Å². The van der Waals surface area contributed by atoms with E-state index < -0.39 is 0 Å². The SMILES string of the molecule is CC1CNCCC1NC(=O)c1ccc(C2CCCCC2)cc1. The molecule has 1 amide bonds. The van der Waals surface area contributed by atoms with Crippen molar-refractivity contribution in [3.8, 4) is 0 Å². The molecule has 2 atom stereocenters. The molecule has 2 unspecified atom stereocenters. The summed E-state index contributed by atoms with van der Waals surface area (Å²) < 4.78 is 0. The molecule has 0 bridgehead atoms. The van der Waals surface area contributed by atoms with Gasteiger partial charge in [-0.25, -0.2) is 0 Å². The molecular formula is C19H28N2O. The lowest BCUT2D eigenvalue weighted by Gasteiger charge is -2.30.